The van der Waals surface area contributed by atoms with E-state index in [4.69, 9.17) is 5.73 Å². The van der Waals surface area contributed by atoms with Crippen molar-refractivity contribution in [3.05, 3.63) is 46.2 Å². The summed E-state index contributed by atoms with van der Waals surface area (Å²) in [4.78, 5) is 18.3. The zero-order valence-corrected chi connectivity index (χ0v) is 12.5. The third-order valence-corrected chi connectivity index (χ3v) is 4.58. The topological polar surface area (TPSA) is 59.2 Å². The van der Waals surface area contributed by atoms with Crippen molar-refractivity contribution < 1.29 is 4.79 Å². The fraction of sp³-hybridized carbons (Fsp3) is 0.143. The highest BCUT2D eigenvalue weighted by atomic mass is 32.1. The summed E-state index contributed by atoms with van der Waals surface area (Å²) in [5, 5.41) is 4.59. The van der Waals surface area contributed by atoms with Crippen molar-refractivity contribution in [3.63, 3.8) is 0 Å². The van der Waals surface area contributed by atoms with Crippen molar-refractivity contribution in [2.24, 2.45) is 0 Å². The minimum absolute atomic E-state index is 0.00470. The first-order valence-electron chi connectivity index (χ1n) is 6.06. The largest absolute Gasteiger partial charge is 0.375 e. The molecule has 0 aliphatic heterocycles. The molecule has 0 saturated carbocycles. The number of anilines is 1. The van der Waals surface area contributed by atoms with E-state index in [-0.39, 0.29) is 5.91 Å². The third-order valence-electron chi connectivity index (χ3n) is 3.00. The van der Waals surface area contributed by atoms with Crippen LogP contribution in [0.3, 0.4) is 0 Å². The summed E-state index contributed by atoms with van der Waals surface area (Å²) in [6, 6.07) is 7.53. The maximum atomic E-state index is 12.4. The lowest BCUT2D eigenvalue weighted by molar-refractivity contribution is 0.0785. The number of thiazole rings is 1. The van der Waals surface area contributed by atoms with E-state index in [1.54, 1.807) is 22.3 Å². The molecule has 20 heavy (non-hydrogen) atoms. The molecule has 0 atom stereocenters. The first-order chi connectivity index (χ1) is 9.63. The molecule has 0 unspecified atom stereocenters. The van der Waals surface area contributed by atoms with Crippen molar-refractivity contribution in [2.45, 2.75) is 6.54 Å². The summed E-state index contributed by atoms with van der Waals surface area (Å²) < 4.78 is 0.942. The molecule has 6 heteroatoms. The normalized spacial score (nSPS) is 10.8. The van der Waals surface area contributed by atoms with E-state index in [0.717, 1.165) is 15.8 Å². The molecule has 4 nitrogen and oxygen atoms in total. The number of carbonyl (C=O) groups excluding carboxylic acids is 1. The molecule has 3 rings (SSSR count). The van der Waals surface area contributed by atoms with Gasteiger partial charge in [-0.1, -0.05) is 11.3 Å². The first-order valence-corrected chi connectivity index (χ1v) is 7.82. The number of nitrogens with two attached hydrogens (primary N) is 1. The fourth-order valence-electron chi connectivity index (χ4n) is 2.02. The summed E-state index contributed by atoms with van der Waals surface area (Å²) in [5.74, 6) is 0.00470. The predicted molar refractivity (Wildman–Crippen MR) is 84.1 cm³/mol. The maximum Gasteiger partial charge on any atom is 0.253 e. The Morgan fingerprint density at radius 2 is 2.25 bits per heavy atom. The maximum absolute atomic E-state index is 12.4. The minimum atomic E-state index is 0.00470. The highest BCUT2D eigenvalue weighted by Gasteiger charge is 2.13. The standard InChI is InChI=1S/C14H13N3OS2/c1-17(7-9-4-5-19-8-9)13(18)10-2-3-11-12(6-10)20-14(15)16-11/h2-6,8H,7H2,1H3,(H2,15,16). The van der Waals surface area contributed by atoms with Crippen LogP contribution in [0.4, 0.5) is 5.13 Å². The van der Waals surface area contributed by atoms with Crippen molar-refractivity contribution in [1.82, 2.24) is 9.88 Å². The number of hydrogen-bond acceptors (Lipinski definition) is 5. The van der Waals surface area contributed by atoms with Crippen molar-refractivity contribution in [3.8, 4) is 0 Å². The van der Waals surface area contributed by atoms with Gasteiger partial charge in [-0.25, -0.2) is 4.98 Å². The molecular formula is C14H13N3OS2. The lowest BCUT2D eigenvalue weighted by Gasteiger charge is -2.16. The molecule has 102 valence electrons. The number of rotatable bonds is 3. The Morgan fingerprint density at radius 3 is 3.00 bits per heavy atom. The fourth-order valence-corrected chi connectivity index (χ4v) is 3.46. The molecule has 2 heterocycles. The number of nitrogens with zero attached hydrogens (tertiary/aromatic N) is 2. The molecule has 0 saturated heterocycles. The van der Waals surface area contributed by atoms with Crippen LogP contribution in [0.15, 0.2) is 35.0 Å². The lowest BCUT2D eigenvalue weighted by atomic mass is 10.2. The molecule has 0 radical (unpaired) electrons. The summed E-state index contributed by atoms with van der Waals surface area (Å²) in [6.45, 7) is 0.616. The third kappa shape index (κ3) is 2.52. The summed E-state index contributed by atoms with van der Waals surface area (Å²) in [7, 11) is 1.81. The summed E-state index contributed by atoms with van der Waals surface area (Å²) in [6.07, 6.45) is 0. The van der Waals surface area contributed by atoms with Gasteiger partial charge in [-0.15, -0.1) is 0 Å². The average molecular weight is 303 g/mol. The number of fused-ring (bicyclic) bond motifs is 1. The van der Waals surface area contributed by atoms with Gasteiger partial charge in [-0.3, -0.25) is 4.79 Å². The van der Waals surface area contributed by atoms with Crippen LogP contribution in [0.25, 0.3) is 10.2 Å². The molecular weight excluding hydrogens is 290 g/mol. The molecule has 0 bridgehead atoms. The van der Waals surface area contributed by atoms with E-state index < -0.39 is 0 Å². The number of benzene rings is 1. The molecule has 0 aliphatic carbocycles. The SMILES string of the molecule is CN(Cc1ccsc1)C(=O)c1ccc2nc(N)sc2c1. The zero-order valence-electron chi connectivity index (χ0n) is 10.9. The Hall–Kier alpha value is -1.92. The molecule has 1 amide bonds. The van der Waals surface area contributed by atoms with Crippen LogP contribution in [0.5, 0.6) is 0 Å². The number of aromatic nitrogens is 1. The van der Waals surface area contributed by atoms with Gasteiger partial charge in [0.05, 0.1) is 10.2 Å². The van der Waals surface area contributed by atoms with Gasteiger partial charge in [0.2, 0.25) is 0 Å². The number of hydrogen-bond donors (Lipinski definition) is 1. The van der Waals surface area contributed by atoms with Crippen LogP contribution in [0, 0.1) is 0 Å². The highest BCUT2D eigenvalue weighted by Crippen LogP contribution is 2.25. The Labute approximate surface area is 124 Å². The van der Waals surface area contributed by atoms with E-state index in [9.17, 15) is 4.79 Å². The average Bonchev–Trinajstić information content (AvgIpc) is 3.04. The molecule has 1 aromatic carbocycles. The van der Waals surface area contributed by atoms with Crippen LogP contribution < -0.4 is 5.73 Å². The Bertz CT molecular complexity index is 749. The van der Waals surface area contributed by atoms with Crippen LogP contribution >= 0.6 is 22.7 Å². The quantitative estimate of drug-likeness (QED) is 0.808. The highest BCUT2D eigenvalue weighted by molar-refractivity contribution is 7.22. The smallest absolute Gasteiger partial charge is 0.253 e. The van der Waals surface area contributed by atoms with Gasteiger partial charge in [-0.2, -0.15) is 11.3 Å². The molecule has 0 aliphatic rings. The van der Waals surface area contributed by atoms with Crippen molar-refractivity contribution in [2.75, 3.05) is 12.8 Å². The molecule has 2 aromatic heterocycles. The number of nitrogen functional groups attached to an aromatic ring is 1. The second kappa shape index (κ2) is 5.22. The minimum Gasteiger partial charge on any atom is -0.375 e. The molecule has 3 aromatic rings. The van der Waals surface area contributed by atoms with Crippen molar-refractivity contribution in [1.29, 1.82) is 0 Å². The van der Waals surface area contributed by atoms with Gasteiger partial charge in [0, 0.05) is 19.2 Å². The zero-order chi connectivity index (χ0) is 14.1. The van der Waals surface area contributed by atoms with Gasteiger partial charge in [0.15, 0.2) is 5.13 Å². The number of amides is 1. The second-order valence-corrected chi connectivity index (χ2v) is 6.37. The van der Waals surface area contributed by atoms with Crippen LogP contribution in [0.2, 0.25) is 0 Å². The van der Waals surface area contributed by atoms with E-state index in [0.29, 0.717) is 17.2 Å². The van der Waals surface area contributed by atoms with E-state index in [1.165, 1.54) is 11.3 Å². The first kappa shape index (κ1) is 13.1. The lowest BCUT2D eigenvalue weighted by Crippen LogP contribution is -2.25. The molecule has 0 fully saturated rings. The molecule has 2 N–H and O–H groups in total. The Kier molecular flexibility index (Phi) is 3.42. The monoisotopic (exact) mass is 303 g/mol. The summed E-state index contributed by atoms with van der Waals surface area (Å²) in [5.41, 5.74) is 8.33. The van der Waals surface area contributed by atoms with Crippen LogP contribution in [-0.2, 0) is 6.54 Å². The van der Waals surface area contributed by atoms with Gasteiger partial charge in [-0.05, 0) is 40.6 Å². The van der Waals surface area contributed by atoms with Crippen molar-refractivity contribution >= 4 is 43.9 Å². The van der Waals surface area contributed by atoms with Gasteiger partial charge in [0.25, 0.3) is 5.91 Å². The number of thiophene rings is 1. The predicted octanol–water partition coefficient (Wildman–Crippen LogP) is 3.21. The Morgan fingerprint density at radius 1 is 1.40 bits per heavy atom. The van der Waals surface area contributed by atoms with Gasteiger partial charge in [0.1, 0.15) is 0 Å². The van der Waals surface area contributed by atoms with Gasteiger partial charge < -0.3 is 10.6 Å². The summed E-state index contributed by atoms with van der Waals surface area (Å²) >= 11 is 3.03. The van der Waals surface area contributed by atoms with Crippen LogP contribution in [0.1, 0.15) is 15.9 Å². The van der Waals surface area contributed by atoms with Crippen LogP contribution in [-0.4, -0.2) is 22.8 Å². The number of carbonyl (C=O) groups is 1. The van der Waals surface area contributed by atoms with Gasteiger partial charge >= 0.3 is 0 Å². The van der Waals surface area contributed by atoms with E-state index in [2.05, 4.69) is 10.4 Å². The van der Waals surface area contributed by atoms with E-state index >= 15 is 0 Å². The van der Waals surface area contributed by atoms with E-state index in [1.807, 2.05) is 30.6 Å². The molecule has 0 spiro atoms. The second-order valence-electron chi connectivity index (χ2n) is 4.53. The Balaban J connectivity index is 1.83.